The molecule has 0 bridgehead atoms. The fraction of sp³-hybridized carbons (Fsp3) is 0.381. The van der Waals surface area contributed by atoms with E-state index in [2.05, 4.69) is 44.8 Å². The molecule has 0 atom stereocenters. The van der Waals surface area contributed by atoms with Gasteiger partial charge in [0.2, 0.25) is 0 Å². The number of anilines is 1. The number of thioether (sulfide) groups is 1. The first-order valence-corrected chi connectivity index (χ1v) is 10.5. The van der Waals surface area contributed by atoms with E-state index in [0.717, 1.165) is 44.1 Å². The maximum atomic E-state index is 12.9. The normalized spacial score (nSPS) is 14.9. The summed E-state index contributed by atoms with van der Waals surface area (Å²) in [5.41, 5.74) is 3.64. The number of hydrogen-bond donors (Lipinski definition) is 2. The zero-order valence-electron chi connectivity index (χ0n) is 15.7. The van der Waals surface area contributed by atoms with Crippen molar-refractivity contribution in [2.45, 2.75) is 13.0 Å². The lowest BCUT2D eigenvalue weighted by molar-refractivity contribution is 0.626. The molecule has 0 aliphatic carbocycles. The van der Waals surface area contributed by atoms with Crippen LogP contribution in [-0.2, 0) is 13.0 Å². The summed E-state index contributed by atoms with van der Waals surface area (Å²) in [5, 5.41) is 6.64. The second-order valence-corrected chi connectivity index (χ2v) is 7.72. The molecule has 2 N–H and O–H groups in total. The topological polar surface area (TPSA) is 39.7 Å². The average Bonchev–Trinajstić information content (AvgIpc) is 2.73. The lowest BCUT2D eigenvalue weighted by Gasteiger charge is -2.28. The zero-order chi connectivity index (χ0) is 18.9. The number of halogens is 1. The van der Waals surface area contributed by atoms with Gasteiger partial charge in [-0.05, 0) is 41.8 Å². The van der Waals surface area contributed by atoms with Gasteiger partial charge in [-0.2, -0.15) is 11.8 Å². The minimum atomic E-state index is -0.200. The maximum Gasteiger partial charge on any atom is 0.191 e. The van der Waals surface area contributed by atoms with Crippen LogP contribution >= 0.6 is 11.8 Å². The summed E-state index contributed by atoms with van der Waals surface area (Å²) in [6.07, 6.45) is 0.823. The van der Waals surface area contributed by atoms with E-state index in [1.807, 2.05) is 23.9 Å². The van der Waals surface area contributed by atoms with Crippen molar-refractivity contribution in [3.63, 3.8) is 0 Å². The van der Waals surface area contributed by atoms with Gasteiger partial charge in [-0.1, -0.05) is 24.3 Å². The molecule has 6 heteroatoms. The molecule has 27 heavy (non-hydrogen) atoms. The summed E-state index contributed by atoms with van der Waals surface area (Å²) in [6, 6.07) is 15.4. The summed E-state index contributed by atoms with van der Waals surface area (Å²) in [6.45, 7) is 3.74. The van der Waals surface area contributed by atoms with Crippen molar-refractivity contribution in [1.29, 1.82) is 0 Å². The lowest BCUT2D eigenvalue weighted by atomic mass is 10.1. The third kappa shape index (κ3) is 6.17. The number of rotatable bonds is 6. The third-order valence-corrected chi connectivity index (χ3v) is 5.56. The molecular formula is C21H27FN4S. The Labute approximate surface area is 165 Å². The number of benzene rings is 2. The van der Waals surface area contributed by atoms with Crippen LogP contribution < -0.4 is 15.5 Å². The van der Waals surface area contributed by atoms with Crippen molar-refractivity contribution in [3.8, 4) is 0 Å². The zero-order valence-corrected chi connectivity index (χ0v) is 16.6. The quantitative estimate of drug-likeness (QED) is 0.590. The summed E-state index contributed by atoms with van der Waals surface area (Å²) >= 11 is 2.03. The van der Waals surface area contributed by atoms with Crippen molar-refractivity contribution in [2.24, 2.45) is 4.99 Å². The monoisotopic (exact) mass is 386 g/mol. The molecule has 1 aliphatic rings. The number of guanidine groups is 1. The number of nitrogens with one attached hydrogen (secondary N) is 2. The number of nitrogens with zero attached hydrogens (tertiary/aromatic N) is 2. The predicted molar refractivity (Wildman–Crippen MR) is 114 cm³/mol. The minimum absolute atomic E-state index is 0.200. The van der Waals surface area contributed by atoms with Crippen LogP contribution in [0.15, 0.2) is 53.5 Å². The van der Waals surface area contributed by atoms with Gasteiger partial charge >= 0.3 is 0 Å². The Morgan fingerprint density at radius 2 is 1.67 bits per heavy atom. The molecule has 0 radical (unpaired) electrons. The first-order valence-electron chi connectivity index (χ1n) is 9.35. The molecule has 0 saturated carbocycles. The van der Waals surface area contributed by atoms with Crippen LogP contribution in [0.1, 0.15) is 11.1 Å². The van der Waals surface area contributed by atoms with E-state index in [1.54, 1.807) is 7.05 Å². The van der Waals surface area contributed by atoms with Crippen molar-refractivity contribution >= 4 is 23.4 Å². The minimum Gasteiger partial charge on any atom is -0.370 e. The first kappa shape index (κ1) is 19.5. The van der Waals surface area contributed by atoms with E-state index < -0.39 is 0 Å². The molecule has 144 valence electrons. The molecule has 1 fully saturated rings. The van der Waals surface area contributed by atoms with Crippen molar-refractivity contribution in [2.75, 3.05) is 43.1 Å². The molecule has 1 aliphatic heterocycles. The molecule has 1 saturated heterocycles. The van der Waals surface area contributed by atoms with E-state index in [9.17, 15) is 4.39 Å². The fourth-order valence-corrected chi connectivity index (χ4v) is 3.93. The van der Waals surface area contributed by atoms with Crippen molar-refractivity contribution in [3.05, 3.63) is 65.5 Å². The van der Waals surface area contributed by atoms with Gasteiger partial charge in [0.05, 0.1) is 0 Å². The number of hydrogen-bond acceptors (Lipinski definition) is 3. The SMILES string of the molecule is CN=C(NCCc1ccc(F)cc1)NCc1ccc(N2CCSCC2)cc1. The highest BCUT2D eigenvalue weighted by atomic mass is 32.2. The summed E-state index contributed by atoms with van der Waals surface area (Å²) in [5.74, 6) is 3.00. The van der Waals surface area contributed by atoms with E-state index in [1.165, 1.54) is 34.9 Å². The molecule has 0 amide bonds. The molecule has 2 aromatic rings. The summed E-state index contributed by atoms with van der Waals surface area (Å²) in [4.78, 5) is 6.71. The van der Waals surface area contributed by atoms with Crippen molar-refractivity contribution < 1.29 is 4.39 Å². The Bertz CT molecular complexity index is 725. The van der Waals surface area contributed by atoms with Gasteiger partial charge < -0.3 is 15.5 Å². The van der Waals surface area contributed by atoms with E-state index in [4.69, 9.17) is 0 Å². The van der Waals surface area contributed by atoms with Crippen LogP contribution in [0.25, 0.3) is 0 Å². The highest BCUT2D eigenvalue weighted by Gasteiger charge is 2.10. The second-order valence-electron chi connectivity index (χ2n) is 6.49. The third-order valence-electron chi connectivity index (χ3n) is 4.62. The van der Waals surface area contributed by atoms with Crippen LogP contribution in [-0.4, -0.2) is 44.1 Å². The van der Waals surface area contributed by atoms with E-state index in [-0.39, 0.29) is 5.82 Å². The standard InChI is InChI=1S/C21H27FN4S/c1-23-21(24-11-10-17-2-6-19(22)7-3-17)25-16-18-4-8-20(9-5-18)26-12-14-27-15-13-26/h2-9H,10-16H2,1H3,(H2,23,24,25). The Kier molecular flexibility index (Phi) is 7.39. The molecule has 0 aromatic heterocycles. The largest absolute Gasteiger partial charge is 0.370 e. The lowest BCUT2D eigenvalue weighted by Crippen LogP contribution is -2.37. The van der Waals surface area contributed by atoms with Gasteiger partial charge in [-0.15, -0.1) is 0 Å². The van der Waals surface area contributed by atoms with Gasteiger partial charge in [0.15, 0.2) is 5.96 Å². The molecule has 2 aromatic carbocycles. The van der Waals surface area contributed by atoms with Gasteiger partial charge in [-0.25, -0.2) is 4.39 Å². The van der Waals surface area contributed by atoms with E-state index in [0.29, 0.717) is 0 Å². The Morgan fingerprint density at radius 1 is 1.00 bits per heavy atom. The van der Waals surface area contributed by atoms with Crippen molar-refractivity contribution in [1.82, 2.24) is 10.6 Å². The highest BCUT2D eigenvalue weighted by molar-refractivity contribution is 7.99. The first-order chi connectivity index (χ1) is 13.2. The Hall–Kier alpha value is -2.21. The average molecular weight is 387 g/mol. The summed E-state index contributed by atoms with van der Waals surface area (Å²) < 4.78 is 12.9. The fourth-order valence-electron chi connectivity index (χ4n) is 3.03. The van der Waals surface area contributed by atoms with Gasteiger partial charge in [0.1, 0.15) is 5.82 Å². The maximum absolute atomic E-state index is 12.9. The predicted octanol–water partition coefficient (Wildman–Crippen LogP) is 3.29. The van der Waals surface area contributed by atoms with Crippen LogP contribution in [0.2, 0.25) is 0 Å². The molecular weight excluding hydrogens is 359 g/mol. The van der Waals surface area contributed by atoms with Crippen LogP contribution in [0.3, 0.4) is 0 Å². The van der Waals surface area contributed by atoms with Crippen LogP contribution in [0.5, 0.6) is 0 Å². The van der Waals surface area contributed by atoms with Gasteiger partial charge in [0.25, 0.3) is 0 Å². The molecule has 0 unspecified atom stereocenters. The van der Waals surface area contributed by atoms with E-state index >= 15 is 0 Å². The van der Waals surface area contributed by atoms with Crippen LogP contribution in [0, 0.1) is 5.82 Å². The molecule has 0 spiro atoms. The van der Waals surface area contributed by atoms with Crippen LogP contribution in [0.4, 0.5) is 10.1 Å². The Morgan fingerprint density at radius 3 is 2.33 bits per heavy atom. The second kappa shape index (κ2) is 10.2. The van der Waals surface area contributed by atoms with Gasteiger partial charge in [-0.3, -0.25) is 4.99 Å². The highest BCUT2D eigenvalue weighted by Crippen LogP contribution is 2.19. The smallest absolute Gasteiger partial charge is 0.191 e. The molecule has 1 heterocycles. The molecule has 4 nitrogen and oxygen atoms in total. The summed E-state index contributed by atoms with van der Waals surface area (Å²) in [7, 11) is 1.77. The molecule has 3 rings (SSSR count). The Balaban J connectivity index is 1.42. The number of aliphatic imine (C=N–C) groups is 1. The van der Waals surface area contributed by atoms with Gasteiger partial charge in [0, 0.05) is 50.4 Å².